The Morgan fingerprint density at radius 3 is 0.833 bits per heavy atom. The molecule has 0 rings (SSSR count). The Hall–Kier alpha value is 0.720. The first-order valence-corrected chi connectivity index (χ1v) is 0.756. The fraction of sp³-hybridized carbons (Fsp3) is 1.00. The van der Waals surface area contributed by atoms with Crippen LogP contribution < -0.4 is 0 Å². The first-order valence-electron chi connectivity index (χ1n) is 0.756. The van der Waals surface area contributed by atoms with Crippen molar-refractivity contribution in [1.82, 2.24) is 0 Å². The second-order valence-electron chi connectivity index (χ2n) is 0.429. The quantitative estimate of drug-likeness (QED) is 0.321. The van der Waals surface area contributed by atoms with E-state index in [0.29, 0.717) is 0 Å². The Balaban J connectivity index is 0. The molecule has 0 unspecified atom stereocenters. The fourth-order valence-electron chi connectivity index (χ4n) is 0. The molecule has 0 N–H and O–H groups in total. The van der Waals surface area contributed by atoms with E-state index in [4.69, 9.17) is 0 Å². The van der Waals surface area contributed by atoms with Gasteiger partial charge in [0.15, 0.2) is 0 Å². The minimum absolute atomic E-state index is 0. The number of hydrogen-bond acceptors (Lipinski definition) is 0. The summed E-state index contributed by atoms with van der Waals surface area (Å²) in [6, 6.07) is 0. The fourth-order valence-corrected chi connectivity index (χ4v) is 0. The predicted octanol–water partition coefficient (Wildman–Crippen LogP) is 0.827. The maximum atomic E-state index is 9.69. The Morgan fingerprint density at radius 1 is 0.833 bits per heavy atom. The summed E-state index contributed by atoms with van der Waals surface area (Å²) >= 11 is 0. The molecule has 0 atom stereocenters. The van der Waals surface area contributed by atoms with Crippen molar-refractivity contribution < 1.29 is 17.6 Å². The molecule has 0 amide bonds. The molecule has 0 aromatic rings. The normalized spacial score (nSPS) is 10.0. The van der Waals surface area contributed by atoms with Crippen molar-refractivity contribution in [2.45, 2.75) is 6.43 Å². The molecule has 0 radical (unpaired) electrons. The van der Waals surface area contributed by atoms with E-state index in [-0.39, 0.29) is 29.6 Å². The van der Waals surface area contributed by atoms with Crippen LogP contribution in [0.15, 0.2) is 0 Å². The molecule has 0 aromatic carbocycles. The van der Waals surface area contributed by atoms with Crippen LogP contribution >= 0.6 is 0 Å². The Labute approximate surface area is 53.8 Å². The zero-order chi connectivity index (χ0) is 4.50. The average molecular weight is 112 g/mol. The zero-order valence-electron chi connectivity index (χ0n) is 2.01. The molecule has 5 heteroatoms. The van der Waals surface area contributed by atoms with Crippen LogP contribution in [-0.4, -0.2) is 36.0 Å². The van der Waals surface area contributed by atoms with Crippen LogP contribution in [0, 0.1) is 0 Å². The summed E-state index contributed by atoms with van der Waals surface area (Å²) in [4.78, 5) is 0. The third-order valence-electron chi connectivity index (χ3n) is 0. The van der Waals surface area contributed by atoms with Gasteiger partial charge < -0.3 is 0 Å². The van der Waals surface area contributed by atoms with E-state index in [1.807, 2.05) is 0 Å². The van der Waals surface area contributed by atoms with Crippen molar-refractivity contribution in [3.05, 3.63) is 0 Å². The van der Waals surface area contributed by atoms with E-state index in [0.717, 1.165) is 0 Å². The van der Waals surface area contributed by atoms with Gasteiger partial charge in [0.25, 0.3) is 0 Å². The van der Waals surface area contributed by atoms with Crippen LogP contribution in [0.25, 0.3) is 0 Å². The SMILES string of the molecule is FC(F)(F)F.[NaH]. The molecular weight excluding hydrogens is 111 g/mol. The topological polar surface area (TPSA) is 0 Å². The molecule has 0 saturated heterocycles. The molecule has 0 spiro atoms. The predicted molar refractivity (Wildman–Crippen MR) is 14.3 cm³/mol. The number of alkyl halides is 4. The number of halogens is 4. The van der Waals surface area contributed by atoms with Gasteiger partial charge in [0.05, 0.1) is 0 Å². The van der Waals surface area contributed by atoms with Crippen molar-refractivity contribution in [3.63, 3.8) is 0 Å². The van der Waals surface area contributed by atoms with Crippen molar-refractivity contribution in [2.24, 2.45) is 0 Å². The summed E-state index contributed by atoms with van der Waals surface area (Å²) in [5.41, 5.74) is 0. The van der Waals surface area contributed by atoms with Gasteiger partial charge in [-0.05, 0) is 0 Å². The average Bonchev–Trinajstić information content (AvgIpc) is 0.722. The van der Waals surface area contributed by atoms with Gasteiger partial charge in [-0.3, -0.25) is 0 Å². The Bertz CT molecular complexity index is 23.0. The van der Waals surface area contributed by atoms with Crippen LogP contribution in [0.4, 0.5) is 17.6 Å². The zero-order valence-corrected chi connectivity index (χ0v) is 2.01. The molecule has 0 saturated carbocycles. The van der Waals surface area contributed by atoms with Gasteiger partial charge >= 0.3 is 36.0 Å². The van der Waals surface area contributed by atoms with Gasteiger partial charge in [-0.15, -0.1) is 17.6 Å². The minimum atomic E-state index is -5.50. The number of hydrogen-bond donors (Lipinski definition) is 0. The van der Waals surface area contributed by atoms with E-state index in [9.17, 15) is 17.6 Å². The van der Waals surface area contributed by atoms with Crippen molar-refractivity contribution in [2.75, 3.05) is 0 Å². The van der Waals surface area contributed by atoms with Crippen LogP contribution in [0.1, 0.15) is 0 Å². The first-order chi connectivity index (χ1) is 2.00. The van der Waals surface area contributed by atoms with Crippen LogP contribution in [-0.2, 0) is 0 Å². The van der Waals surface area contributed by atoms with Gasteiger partial charge in [0.1, 0.15) is 0 Å². The molecule has 0 bridgehead atoms. The standard InChI is InChI=1S/CF4.Na.H/c2-1(3,4)5;;. The van der Waals surface area contributed by atoms with Crippen LogP contribution in [0.5, 0.6) is 0 Å². The maximum absolute atomic E-state index is 9.69. The Morgan fingerprint density at radius 2 is 0.833 bits per heavy atom. The van der Waals surface area contributed by atoms with Crippen LogP contribution in [0.3, 0.4) is 0 Å². The molecule has 0 nitrogen and oxygen atoms in total. The van der Waals surface area contributed by atoms with Crippen molar-refractivity contribution in [1.29, 1.82) is 0 Å². The van der Waals surface area contributed by atoms with Crippen LogP contribution in [0.2, 0.25) is 0 Å². The molecule has 0 fully saturated rings. The Kier molecular flexibility index (Phi) is 4.64. The first kappa shape index (κ1) is 9.87. The van der Waals surface area contributed by atoms with Gasteiger partial charge in [-0.1, -0.05) is 0 Å². The summed E-state index contributed by atoms with van der Waals surface area (Å²) in [5.74, 6) is 0. The van der Waals surface area contributed by atoms with Gasteiger partial charge in [0.2, 0.25) is 0 Å². The molecule has 0 aliphatic rings. The summed E-state index contributed by atoms with van der Waals surface area (Å²) in [5, 5.41) is 0. The molecular formula is CHF4Na. The molecule has 0 aliphatic heterocycles. The summed E-state index contributed by atoms with van der Waals surface area (Å²) in [7, 11) is 0. The van der Waals surface area contributed by atoms with E-state index in [1.54, 1.807) is 0 Å². The monoisotopic (exact) mass is 112 g/mol. The number of rotatable bonds is 0. The van der Waals surface area contributed by atoms with E-state index >= 15 is 0 Å². The summed E-state index contributed by atoms with van der Waals surface area (Å²) in [6.07, 6.45) is -5.50. The molecule has 0 aliphatic carbocycles. The third kappa shape index (κ3) is 126. The molecule has 0 aromatic heterocycles. The summed E-state index contributed by atoms with van der Waals surface area (Å²) < 4.78 is 38.8. The van der Waals surface area contributed by atoms with Crippen molar-refractivity contribution >= 4 is 29.6 Å². The van der Waals surface area contributed by atoms with Gasteiger partial charge in [-0.2, -0.15) is 0 Å². The molecule has 0 heterocycles. The van der Waals surface area contributed by atoms with Gasteiger partial charge in [-0.25, -0.2) is 0 Å². The van der Waals surface area contributed by atoms with E-state index in [2.05, 4.69) is 0 Å². The van der Waals surface area contributed by atoms with E-state index in [1.165, 1.54) is 0 Å². The molecule has 34 valence electrons. The second-order valence-corrected chi connectivity index (χ2v) is 0.429. The second kappa shape index (κ2) is 2.82. The summed E-state index contributed by atoms with van der Waals surface area (Å²) in [6.45, 7) is 0. The van der Waals surface area contributed by atoms with Gasteiger partial charge in [0, 0.05) is 0 Å². The van der Waals surface area contributed by atoms with Crippen molar-refractivity contribution in [3.8, 4) is 0 Å². The molecule has 6 heavy (non-hydrogen) atoms. The van der Waals surface area contributed by atoms with E-state index < -0.39 is 6.43 Å². The third-order valence-corrected chi connectivity index (χ3v) is 0.